The largest absolute Gasteiger partial charge is 0.504 e. The summed E-state index contributed by atoms with van der Waals surface area (Å²) in [5.41, 5.74) is 12.2. The average molecular weight is 613 g/mol. The van der Waals surface area contributed by atoms with Crippen LogP contribution in [0.5, 0.6) is 23.0 Å². The van der Waals surface area contributed by atoms with Crippen LogP contribution in [0.15, 0.2) is 97.6 Å². The number of aromatic hydroxyl groups is 2. The van der Waals surface area contributed by atoms with Gasteiger partial charge in [0.1, 0.15) is 0 Å². The van der Waals surface area contributed by atoms with Gasteiger partial charge in [-0.2, -0.15) is 0 Å². The molecule has 2 aromatic heterocycles. The summed E-state index contributed by atoms with van der Waals surface area (Å²) >= 11 is 0. The third kappa shape index (κ3) is 12.6. The first-order chi connectivity index (χ1) is 21.5. The SMILES string of the molecule is COc1cc(/C=C/C(=O)CC(=O)/C=C/c2ccc(O)c(OC)c2)ccc1O.NC(=O)c1ccncc1.NC(=O)c1ccncc1. The van der Waals surface area contributed by atoms with Crippen LogP contribution in [-0.4, -0.2) is 57.8 Å². The predicted molar refractivity (Wildman–Crippen MR) is 168 cm³/mol. The van der Waals surface area contributed by atoms with Gasteiger partial charge < -0.3 is 31.2 Å². The van der Waals surface area contributed by atoms with E-state index in [2.05, 4.69) is 9.97 Å². The molecular formula is C33H32N4O8. The molecule has 0 aliphatic rings. The van der Waals surface area contributed by atoms with Crippen molar-refractivity contribution in [2.45, 2.75) is 6.42 Å². The van der Waals surface area contributed by atoms with Crippen LogP contribution in [0.1, 0.15) is 38.3 Å². The fourth-order valence-electron chi connectivity index (χ4n) is 3.30. The Balaban J connectivity index is 0.000000315. The second-order valence-corrected chi connectivity index (χ2v) is 8.84. The number of carbonyl (C=O) groups is 4. The maximum absolute atomic E-state index is 11.9. The number of primary amides is 2. The molecule has 0 aliphatic carbocycles. The van der Waals surface area contributed by atoms with E-state index in [1.165, 1.54) is 63.3 Å². The molecule has 45 heavy (non-hydrogen) atoms. The summed E-state index contributed by atoms with van der Waals surface area (Å²) in [5, 5.41) is 19.1. The molecule has 0 unspecified atom stereocenters. The average Bonchev–Trinajstić information content (AvgIpc) is 3.05. The Bertz CT molecular complexity index is 1530. The van der Waals surface area contributed by atoms with Crippen LogP contribution >= 0.6 is 0 Å². The van der Waals surface area contributed by atoms with E-state index in [-0.39, 0.29) is 29.5 Å². The number of ether oxygens (including phenoxy) is 2. The molecule has 6 N–H and O–H groups in total. The van der Waals surface area contributed by atoms with E-state index >= 15 is 0 Å². The standard InChI is InChI=1S/C21H20O6.2C6H6N2O/c1-26-20-11-14(5-9-18(20)24)3-7-16(22)13-17(23)8-4-15-6-10-19(25)21(12-15)27-2;2*7-6(9)5-1-3-8-4-2-5/h3-12,24-25H,13H2,1-2H3;2*1-4H,(H2,7,9)/b7-3+,8-4+;;. The highest BCUT2D eigenvalue weighted by Crippen LogP contribution is 2.27. The number of phenols is 2. The van der Waals surface area contributed by atoms with Crippen LogP contribution < -0.4 is 20.9 Å². The Morgan fingerprint density at radius 1 is 0.644 bits per heavy atom. The van der Waals surface area contributed by atoms with Crippen molar-refractivity contribution < 1.29 is 38.9 Å². The molecule has 12 heteroatoms. The molecule has 12 nitrogen and oxygen atoms in total. The topological polar surface area (TPSA) is 205 Å². The van der Waals surface area contributed by atoms with Crippen LogP contribution in [0.25, 0.3) is 12.2 Å². The van der Waals surface area contributed by atoms with Gasteiger partial charge in [-0.3, -0.25) is 29.1 Å². The molecule has 0 saturated carbocycles. The number of pyridine rings is 2. The van der Waals surface area contributed by atoms with Gasteiger partial charge in [0.15, 0.2) is 34.6 Å². The van der Waals surface area contributed by atoms with E-state index in [1.807, 2.05) is 0 Å². The molecule has 2 aromatic carbocycles. The Morgan fingerprint density at radius 3 is 1.29 bits per heavy atom. The first kappa shape index (κ1) is 34.9. The summed E-state index contributed by atoms with van der Waals surface area (Å²) in [6, 6.07) is 15.6. The summed E-state index contributed by atoms with van der Waals surface area (Å²) < 4.78 is 10.00. The summed E-state index contributed by atoms with van der Waals surface area (Å²) in [4.78, 5) is 52.1. The van der Waals surface area contributed by atoms with Gasteiger partial charge in [-0.1, -0.05) is 24.3 Å². The molecule has 0 aliphatic heterocycles. The normalized spacial score (nSPS) is 10.2. The van der Waals surface area contributed by atoms with Crippen molar-refractivity contribution in [1.82, 2.24) is 9.97 Å². The van der Waals surface area contributed by atoms with Gasteiger partial charge >= 0.3 is 0 Å². The number of methoxy groups -OCH3 is 2. The first-order valence-electron chi connectivity index (χ1n) is 13.1. The lowest BCUT2D eigenvalue weighted by Gasteiger charge is -2.03. The predicted octanol–water partition coefficient (Wildman–Crippen LogP) is 3.73. The Kier molecular flexibility index (Phi) is 14.2. The number of hydrogen-bond donors (Lipinski definition) is 4. The molecule has 0 spiro atoms. The van der Waals surface area contributed by atoms with E-state index in [4.69, 9.17) is 20.9 Å². The number of nitrogens with two attached hydrogens (primary N) is 2. The van der Waals surface area contributed by atoms with Crippen molar-refractivity contribution in [3.8, 4) is 23.0 Å². The Labute approximate surface area is 259 Å². The second kappa shape index (κ2) is 18.3. The van der Waals surface area contributed by atoms with E-state index in [0.717, 1.165) is 0 Å². The highest BCUT2D eigenvalue weighted by atomic mass is 16.5. The zero-order valence-corrected chi connectivity index (χ0v) is 24.5. The summed E-state index contributed by atoms with van der Waals surface area (Å²) in [5.74, 6) is -0.921. The third-order valence-corrected chi connectivity index (χ3v) is 5.61. The van der Waals surface area contributed by atoms with Crippen LogP contribution in [0.4, 0.5) is 0 Å². The lowest BCUT2D eigenvalue weighted by Crippen LogP contribution is -2.10. The molecule has 0 bridgehead atoms. The minimum atomic E-state index is -0.419. The van der Waals surface area contributed by atoms with E-state index in [0.29, 0.717) is 33.8 Å². The lowest BCUT2D eigenvalue weighted by molar-refractivity contribution is -0.121. The number of benzene rings is 2. The summed E-state index contributed by atoms with van der Waals surface area (Å²) in [7, 11) is 2.87. The minimum Gasteiger partial charge on any atom is -0.504 e. The number of rotatable bonds is 10. The fourth-order valence-corrected chi connectivity index (χ4v) is 3.30. The maximum atomic E-state index is 11.9. The molecular weight excluding hydrogens is 580 g/mol. The number of carbonyl (C=O) groups excluding carboxylic acids is 4. The minimum absolute atomic E-state index is 0.00662. The van der Waals surface area contributed by atoms with Gasteiger partial charge in [0.2, 0.25) is 11.8 Å². The summed E-state index contributed by atoms with van der Waals surface area (Å²) in [6.07, 6.45) is 11.6. The Morgan fingerprint density at radius 2 is 1.00 bits per heavy atom. The van der Waals surface area contributed by atoms with Gasteiger partial charge in [0, 0.05) is 35.9 Å². The monoisotopic (exact) mass is 612 g/mol. The van der Waals surface area contributed by atoms with E-state index < -0.39 is 11.8 Å². The molecule has 4 aromatic rings. The van der Waals surface area contributed by atoms with Gasteiger partial charge in [-0.25, -0.2) is 0 Å². The molecule has 0 saturated heterocycles. The third-order valence-electron chi connectivity index (χ3n) is 5.61. The van der Waals surface area contributed by atoms with Crippen molar-refractivity contribution in [3.63, 3.8) is 0 Å². The molecule has 0 radical (unpaired) electrons. The zero-order chi connectivity index (χ0) is 33.2. The quantitative estimate of drug-likeness (QED) is 0.151. The van der Waals surface area contributed by atoms with E-state index in [1.54, 1.807) is 60.7 Å². The number of nitrogens with zero attached hydrogens (tertiary/aromatic N) is 2. The van der Waals surface area contributed by atoms with Crippen molar-refractivity contribution in [3.05, 3.63) is 120 Å². The highest BCUT2D eigenvalue weighted by molar-refractivity contribution is 6.10. The second-order valence-electron chi connectivity index (χ2n) is 8.84. The molecule has 0 fully saturated rings. The van der Waals surface area contributed by atoms with Gasteiger partial charge in [-0.05, 0) is 71.8 Å². The molecule has 4 rings (SSSR count). The Hall–Kier alpha value is -6.30. The molecule has 232 valence electrons. The van der Waals surface area contributed by atoms with Crippen molar-refractivity contribution >= 4 is 35.5 Å². The van der Waals surface area contributed by atoms with Gasteiger partial charge in [0.05, 0.1) is 20.6 Å². The lowest BCUT2D eigenvalue weighted by atomic mass is 10.1. The number of hydrogen-bond acceptors (Lipinski definition) is 10. The number of amides is 2. The van der Waals surface area contributed by atoms with E-state index in [9.17, 15) is 29.4 Å². The van der Waals surface area contributed by atoms with Crippen LogP contribution in [0, 0.1) is 0 Å². The van der Waals surface area contributed by atoms with Crippen molar-refractivity contribution in [2.75, 3.05) is 14.2 Å². The van der Waals surface area contributed by atoms with Crippen LogP contribution in [-0.2, 0) is 9.59 Å². The van der Waals surface area contributed by atoms with Crippen molar-refractivity contribution in [2.24, 2.45) is 11.5 Å². The molecule has 0 atom stereocenters. The highest BCUT2D eigenvalue weighted by Gasteiger charge is 2.06. The van der Waals surface area contributed by atoms with Gasteiger partial charge in [0.25, 0.3) is 0 Å². The molecule has 2 heterocycles. The number of aromatic nitrogens is 2. The first-order valence-corrected chi connectivity index (χ1v) is 13.1. The smallest absolute Gasteiger partial charge is 0.248 e. The van der Waals surface area contributed by atoms with Gasteiger partial charge in [-0.15, -0.1) is 0 Å². The number of allylic oxidation sites excluding steroid dienone is 2. The maximum Gasteiger partial charge on any atom is 0.248 e. The van der Waals surface area contributed by atoms with Crippen LogP contribution in [0.2, 0.25) is 0 Å². The van der Waals surface area contributed by atoms with Crippen molar-refractivity contribution in [1.29, 1.82) is 0 Å². The number of ketones is 2. The fraction of sp³-hybridized carbons (Fsp3) is 0.0909. The number of phenolic OH excluding ortho intramolecular Hbond substituents is 2. The molecule has 2 amide bonds. The summed E-state index contributed by atoms with van der Waals surface area (Å²) in [6.45, 7) is 0. The van der Waals surface area contributed by atoms with Crippen LogP contribution in [0.3, 0.4) is 0 Å². The zero-order valence-electron chi connectivity index (χ0n) is 24.5.